The number of rotatable bonds is 3. The quantitative estimate of drug-likeness (QED) is 0.769. The fourth-order valence-corrected chi connectivity index (χ4v) is 2.74. The number of ether oxygens (including phenoxy) is 1. The molecule has 1 aliphatic heterocycles. The SMILES string of the molecule is NC(=O)C1COCCN1C(=O)/C=C/C1CCCCC1. The fourth-order valence-electron chi connectivity index (χ4n) is 2.74. The van der Waals surface area contributed by atoms with E-state index in [4.69, 9.17) is 10.5 Å². The Kier molecular flexibility index (Phi) is 4.96. The molecule has 1 saturated carbocycles. The van der Waals surface area contributed by atoms with Crippen LogP contribution in [-0.4, -0.2) is 42.5 Å². The molecule has 0 bridgehead atoms. The normalized spacial score (nSPS) is 25.7. The lowest BCUT2D eigenvalue weighted by molar-refractivity contribution is -0.143. The molecule has 1 unspecified atom stereocenters. The molecule has 0 aromatic rings. The smallest absolute Gasteiger partial charge is 0.247 e. The molecular formula is C14H22N2O3. The third-order valence-corrected chi connectivity index (χ3v) is 3.90. The second-order valence-corrected chi connectivity index (χ2v) is 5.28. The highest BCUT2D eigenvalue weighted by Gasteiger charge is 2.30. The molecule has 2 N–H and O–H groups in total. The van der Waals surface area contributed by atoms with E-state index in [9.17, 15) is 9.59 Å². The summed E-state index contributed by atoms with van der Waals surface area (Å²) in [7, 11) is 0. The topological polar surface area (TPSA) is 72.6 Å². The lowest BCUT2D eigenvalue weighted by atomic mass is 9.89. The van der Waals surface area contributed by atoms with Crippen LogP contribution in [0.5, 0.6) is 0 Å². The van der Waals surface area contributed by atoms with E-state index in [0.29, 0.717) is 19.1 Å². The number of primary amides is 1. The molecule has 1 atom stereocenters. The number of amides is 2. The van der Waals surface area contributed by atoms with Crippen molar-refractivity contribution in [1.29, 1.82) is 0 Å². The zero-order valence-corrected chi connectivity index (χ0v) is 11.2. The van der Waals surface area contributed by atoms with Gasteiger partial charge in [0.25, 0.3) is 0 Å². The fraction of sp³-hybridized carbons (Fsp3) is 0.714. The second kappa shape index (κ2) is 6.70. The summed E-state index contributed by atoms with van der Waals surface area (Å²) in [5, 5.41) is 0. The molecule has 5 nitrogen and oxygen atoms in total. The summed E-state index contributed by atoms with van der Waals surface area (Å²) < 4.78 is 5.20. The van der Waals surface area contributed by atoms with Crippen molar-refractivity contribution < 1.29 is 14.3 Å². The Hall–Kier alpha value is -1.36. The van der Waals surface area contributed by atoms with Crippen molar-refractivity contribution in [3.8, 4) is 0 Å². The van der Waals surface area contributed by atoms with Crippen LogP contribution < -0.4 is 5.73 Å². The van der Waals surface area contributed by atoms with E-state index in [1.54, 1.807) is 6.08 Å². The number of hydrogen-bond acceptors (Lipinski definition) is 3. The lowest BCUT2D eigenvalue weighted by Gasteiger charge is -2.32. The van der Waals surface area contributed by atoms with E-state index in [0.717, 1.165) is 12.8 Å². The van der Waals surface area contributed by atoms with Crippen LogP contribution in [-0.2, 0) is 14.3 Å². The lowest BCUT2D eigenvalue weighted by Crippen LogP contribution is -2.54. The highest BCUT2D eigenvalue weighted by atomic mass is 16.5. The Labute approximate surface area is 113 Å². The molecule has 106 valence electrons. The van der Waals surface area contributed by atoms with Gasteiger partial charge in [0.05, 0.1) is 13.2 Å². The first-order valence-electron chi connectivity index (χ1n) is 7.04. The van der Waals surface area contributed by atoms with Gasteiger partial charge in [0.1, 0.15) is 6.04 Å². The van der Waals surface area contributed by atoms with Crippen LogP contribution in [0.4, 0.5) is 0 Å². The van der Waals surface area contributed by atoms with E-state index in [-0.39, 0.29) is 12.5 Å². The molecule has 2 aliphatic rings. The van der Waals surface area contributed by atoms with Gasteiger partial charge in [-0.2, -0.15) is 0 Å². The highest BCUT2D eigenvalue weighted by molar-refractivity contribution is 5.92. The largest absolute Gasteiger partial charge is 0.377 e. The van der Waals surface area contributed by atoms with Gasteiger partial charge in [-0.1, -0.05) is 25.3 Å². The highest BCUT2D eigenvalue weighted by Crippen LogP contribution is 2.24. The summed E-state index contributed by atoms with van der Waals surface area (Å²) in [6.45, 7) is 1.10. The van der Waals surface area contributed by atoms with Gasteiger partial charge in [-0.25, -0.2) is 0 Å². The van der Waals surface area contributed by atoms with Gasteiger partial charge in [0.2, 0.25) is 11.8 Å². The number of hydrogen-bond donors (Lipinski definition) is 1. The average molecular weight is 266 g/mol. The minimum absolute atomic E-state index is 0.127. The molecule has 0 aromatic heterocycles. The van der Waals surface area contributed by atoms with Gasteiger partial charge < -0.3 is 15.4 Å². The van der Waals surface area contributed by atoms with Gasteiger partial charge in [-0.05, 0) is 24.8 Å². The van der Waals surface area contributed by atoms with E-state index in [1.807, 2.05) is 6.08 Å². The maximum Gasteiger partial charge on any atom is 0.247 e. The van der Waals surface area contributed by atoms with Crippen LogP contribution in [0, 0.1) is 5.92 Å². The minimum atomic E-state index is -0.628. The summed E-state index contributed by atoms with van der Waals surface area (Å²) in [5.41, 5.74) is 5.30. The Bertz CT molecular complexity index is 362. The van der Waals surface area contributed by atoms with Crippen LogP contribution in [0.25, 0.3) is 0 Å². The summed E-state index contributed by atoms with van der Waals surface area (Å²) in [4.78, 5) is 24.9. The number of carbonyl (C=O) groups excluding carboxylic acids is 2. The first kappa shape index (κ1) is 14.1. The first-order valence-corrected chi connectivity index (χ1v) is 7.04. The Morgan fingerprint density at radius 2 is 1.95 bits per heavy atom. The molecule has 2 fully saturated rings. The van der Waals surface area contributed by atoms with Crippen molar-refractivity contribution in [2.24, 2.45) is 11.7 Å². The van der Waals surface area contributed by atoms with Crippen molar-refractivity contribution in [3.63, 3.8) is 0 Å². The van der Waals surface area contributed by atoms with Crippen LogP contribution in [0.3, 0.4) is 0 Å². The van der Waals surface area contributed by atoms with Crippen LogP contribution in [0.1, 0.15) is 32.1 Å². The van der Waals surface area contributed by atoms with Crippen LogP contribution >= 0.6 is 0 Å². The molecule has 2 rings (SSSR count). The van der Waals surface area contributed by atoms with Crippen LogP contribution in [0.15, 0.2) is 12.2 Å². The molecule has 0 spiro atoms. The maximum atomic E-state index is 12.1. The molecule has 1 aliphatic carbocycles. The third kappa shape index (κ3) is 3.80. The van der Waals surface area contributed by atoms with Crippen molar-refractivity contribution in [1.82, 2.24) is 4.90 Å². The summed E-state index contributed by atoms with van der Waals surface area (Å²) in [6.07, 6.45) is 9.70. The van der Waals surface area contributed by atoms with Gasteiger partial charge in [-0.3, -0.25) is 9.59 Å². The molecule has 0 aromatic carbocycles. The van der Waals surface area contributed by atoms with Crippen molar-refractivity contribution in [2.75, 3.05) is 19.8 Å². The Morgan fingerprint density at radius 1 is 1.21 bits per heavy atom. The molecule has 2 amide bonds. The standard InChI is InChI=1S/C14H22N2O3/c15-14(18)12-10-19-9-8-16(12)13(17)7-6-11-4-2-1-3-5-11/h6-7,11-12H,1-5,8-10H2,(H2,15,18)/b7-6+. The van der Waals surface area contributed by atoms with Gasteiger partial charge in [0, 0.05) is 6.54 Å². The summed E-state index contributed by atoms with van der Waals surface area (Å²) in [6, 6.07) is -0.628. The maximum absolute atomic E-state index is 12.1. The monoisotopic (exact) mass is 266 g/mol. The van der Waals surface area contributed by atoms with Crippen molar-refractivity contribution in [3.05, 3.63) is 12.2 Å². The molecule has 5 heteroatoms. The zero-order chi connectivity index (χ0) is 13.7. The molecule has 0 radical (unpaired) electrons. The number of allylic oxidation sites excluding steroid dienone is 1. The first-order chi connectivity index (χ1) is 9.18. The third-order valence-electron chi connectivity index (χ3n) is 3.90. The van der Waals surface area contributed by atoms with Gasteiger partial charge >= 0.3 is 0 Å². The van der Waals surface area contributed by atoms with Gasteiger partial charge in [-0.15, -0.1) is 0 Å². The van der Waals surface area contributed by atoms with Crippen molar-refractivity contribution >= 4 is 11.8 Å². The Morgan fingerprint density at radius 3 is 2.63 bits per heavy atom. The number of carbonyl (C=O) groups is 2. The number of morpholine rings is 1. The summed E-state index contributed by atoms with van der Waals surface area (Å²) in [5.74, 6) is -0.123. The second-order valence-electron chi connectivity index (χ2n) is 5.28. The predicted molar refractivity (Wildman–Crippen MR) is 71.2 cm³/mol. The van der Waals surface area contributed by atoms with E-state index >= 15 is 0 Å². The van der Waals surface area contributed by atoms with Crippen LogP contribution in [0.2, 0.25) is 0 Å². The molecule has 1 saturated heterocycles. The minimum Gasteiger partial charge on any atom is -0.377 e. The van der Waals surface area contributed by atoms with Crippen molar-refractivity contribution in [2.45, 2.75) is 38.1 Å². The van der Waals surface area contributed by atoms with E-state index in [1.165, 1.54) is 24.2 Å². The van der Waals surface area contributed by atoms with Gasteiger partial charge in [0.15, 0.2) is 0 Å². The number of nitrogens with zero attached hydrogens (tertiary/aromatic N) is 1. The molecular weight excluding hydrogens is 244 g/mol. The summed E-state index contributed by atoms with van der Waals surface area (Å²) >= 11 is 0. The zero-order valence-electron chi connectivity index (χ0n) is 11.2. The average Bonchev–Trinajstić information content (AvgIpc) is 2.46. The predicted octanol–water partition coefficient (Wildman–Crippen LogP) is 0.836. The van der Waals surface area contributed by atoms with E-state index < -0.39 is 11.9 Å². The van der Waals surface area contributed by atoms with E-state index in [2.05, 4.69) is 0 Å². The molecule has 1 heterocycles. The molecule has 19 heavy (non-hydrogen) atoms. The number of nitrogens with two attached hydrogens (primary N) is 1. The Balaban J connectivity index is 1.93.